The molecule has 8 heteroatoms. The van der Waals surface area contributed by atoms with Gasteiger partial charge >= 0.3 is 0 Å². The Hall–Kier alpha value is -2.16. The molecule has 0 aliphatic carbocycles. The number of nitrogens with one attached hydrogen (secondary N) is 1. The Morgan fingerprint density at radius 3 is 2.71 bits per heavy atom. The lowest BCUT2D eigenvalue weighted by molar-refractivity contribution is 0.369. The van der Waals surface area contributed by atoms with Gasteiger partial charge in [0.05, 0.1) is 24.3 Å². The second kappa shape index (κ2) is 7.69. The highest BCUT2D eigenvalue weighted by Crippen LogP contribution is 2.35. The molecule has 28 heavy (non-hydrogen) atoms. The quantitative estimate of drug-likeness (QED) is 0.647. The fraction of sp³-hybridized carbons (Fsp3) is 0.250. The van der Waals surface area contributed by atoms with Gasteiger partial charge in [0, 0.05) is 30.3 Å². The highest BCUT2D eigenvalue weighted by Gasteiger charge is 2.36. The van der Waals surface area contributed by atoms with E-state index in [9.17, 15) is 8.42 Å². The summed E-state index contributed by atoms with van der Waals surface area (Å²) in [7, 11) is -1.95. The van der Waals surface area contributed by atoms with E-state index in [1.807, 2.05) is 42.5 Å². The summed E-state index contributed by atoms with van der Waals surface area (Å²) in [6.07, 6.45) is 4.05. The molecule has 2 aromatic carbocycles. The van der Waals surface area contributed by atoms with Crippen LogP contribution in [0.4, 0.5) is 5.69 Å². The summed E-state index contributed by atoms with van der Waals surface area (Å²) in [6, 6.07) is 15.2. The van der Waals surface area contributed by atoms with E-state index in [4.69, 9.17) is 0 Å². The molecular formula is C20H21BrN4O2S. The van der Waals surface area contributed by atoms with E-state index in [2.05, 4.69) is 30.8 Å². The van der Waals surface area contributed by atoms with E-state index in [-0.39, 0.29) is 6.04 Å². The fourth-order valence-electron chi connectivity index (χ4n) is 3.58. The zero-order chi connectivity index (χ0) is 19.7. The van der Waals surface area contributed by atoms with Gasteiger partial charge in [-0.15, -0.1) is 0 Å². The Kier molecular flexibility index (Phi) is 5.27. The molecule has 0 saturated heterocycles. The van der Waals surface area contributed by atoms with E-state index in [1.165, 1.54) is 4.31 Å². The molecule has 4 rings (SSSR count). The number of sulfonamides is 1. The average Bonchev–Trinajstić information content (AvgIpc) is 3.18. The number of hydrogen-bond donors (Lipinski definition) is 1. The number of aromatic amines is 1. The van der Waals surface area contributed by atoms with Crippen LogP contribution in [-0.4, -0.2) is 42.3 Å². The van der Waals surface area contributed by atoms with Crippen molar-refractivity contribution in [2.24, 2.45) is 0 Å². The number of nitrogens with zero attached hydrogens (tertiary/aromatic N) is 3. The van der Waals surface area contributed by atoms with Crippen molar-refractivity contribution in [1.82, 2.24) is 14.3 Å². The third-order valence-electron chi connectivity index (χ3n) is 5.10. The molecule has 1 N–H and O–H groups in total. The van der Waals surface area contributed by atoms with Gasteiger partial charge in [0.2, 0.25) is 10.0 Å². The molecule has 0 saturated carbocycles. The van der Waals surface area contributed by atoms with Crippen LogP contribution >= 0.6 is 15.9 Å². The van der Waals surface area contributed by atoms with Crippen molar-refractivity contribution in [2.75, 3.05) is 18.5 Å². The van der Waals surface area contributed by atoms with Crippen LogP contribution in [0.25, 0.3) is 0 Å². The predicted molar refractivity (Wildman–Crippen MR) is 113 cm³/mol. The van der Waals surface area contributed by atoms with Crippen molar-refractivity contribution in [2.45, 2.75) is 23.9 Å². The van der Waals surface area contributed by atoms with E-state index in [0.29, 0.717) is 30.1 Å². The lowest BCUT2D eigenvalue weighted by atomic mass is 10.1. The first-order valence-corrected chi connectivity index (χ1v) is 11.2. The number of halogens is 1. The van der Waals surface area contributed by atoms with Crippen LogP contribution in [0.15, 0.2) is 70.4 Å². The first kappa shape index (κ1) is 19.2. The van der Waals surface area contributed by atoms with E-state index in [1.54, 1.807) is 25.6 Å². The van der Waals surface area contributed by atoms with Gasteiger partial charge < -0.3 is 9.88 Å². The van der Waals surface area contributed by atoms with Crippen molar-refractivity contribution in [3.05, 3.63) is 76.8 Å². The van der Waals surface area contributed by atoms with Crippen LogP contribution in [0.3, 0.4) is 0 Å². The number of hydrogen-bond acceptors (Lipinski definition) is 4. The van der Waals surface area contributed by atoms with Gasteiger partial charge in [-0.3, -0.25) is 0 Å². The van der Waals surface area contributed by atoms with E-state index < -0.39 is 10.0 Å². The first-order chi connectivity index (χ1) is 13.4. The first-order valence-electron chi connectivity index (χ1n) is 8.99. The number of likely N-dealkylation sites (N-methyl/N-ethyl adjacent to an activating group) is 1. The molecule has 3 aromatic rings. The minimum atomic E-state index is -3.62. The lowest BCUT2D eigenvalue weighted by Gasteiger charge is -2.29. The maximum absolute atomic E-state index is 13.4. The van der Waals surface area contributed by atoms with Gasteiger partial charge in [-0.25, -0.2) is 13.4 Å². The molecule has 1 aliphatic rings. The van der Waals surface area contributed by atoms with Crippen molar-refractivity contribution in [1.29, 1.82) is 0 Å². The maximum Gasteiger partial charge on any atom is 0.245 e. The maximum atomic E-state index is 13.4. The topological polar surface area (TPSA) is 69.3 Å². The molecule has 1 unspecified atom stereocenters. The predicted octanol–water partition coefficient (Wildman–Crippen LogP) is 3.42. The molecule has 1 aromatic heterocycles. The fourth-order valence-corrected chi connectivity index (χ4v) is 5.67. The van der Waals surface area contributed by atoms with Gasteiger partial charge in [-0.05, 0) is 30.2 Å². The Labute approximate surface area is 173 Å². The molecule has 1 atom stereocenters. The van der Waals surface area contributed by atoms with Crippen LogP contribution in [0.5, 0.6) is 0 Å². The van der Waals surface area contributed by atoms with E-state index >= 15 is 0 Å². The molecule has 0 amide bonds. The normalized spacial score (nSPS) is 19.2. The monoisotopic (exact) mass is 460 g/mol. The third-order valence-corrected chi connectivity index (χ3v) is 7.53. The Morgan fingerprint density at radius 2 is 2.00 bits per heavy atom. The molecule has 0 radical (unpaired) electrons. The molecule has 0 spiro atoms. The van der Waals surface area contributed by atoms with Crippen LogP contribution in [-0.2, 0) is 23.0 Å². The van der Waals surface area contributed by atoms with Crippen molar-refractivity contribution >= 4 is 31.6 Å². The second-order valence-corrected chi connectivity index (χ2v) is 9.82. The Balaban J connectivity index is 1.78. The number of benzene rings is 2. The van der Waals surface area contributed by atoms with Crippen LogP contribution < -0.4 is 4.90 Å². The second-order valence-electron chi connectivity index (χ2n) is 6.93. The van der Waals surface area contributed by atoms with E-state index in [0.717, 1.165) is 15.7 Å². The summed E-state index contributed by atoms with van der Waals surface area (Å²) in [5.41, 5.74) is 2.76. The van der Waals surface area contributed by atoms with Crippen LogP contribution in [0.1, 0.15) is 11.3 Å². The van der Waals surface area contributed by atoms with Gasteiger partial charge in [-0.1, -0.05) is 46.3 Å². The largest absolute Gasteiger partial charge is 0.363 e. The summed E-state index contributed by atoms with van der Waals surface area (Å²) in [4.78, 5) is 9.65. The molecule has 0 fully saturated rings. The van der Waals surface area contributed by atoms with Crippen molar-refractivity contribution in [3.8, 4) is 0 Å². The molecule has 146 valence electrons. The molecule has 2 heterocycles. The van der Waals surface area contributed by atoms with Crippen LogP contribution in [0, 0.1) is 0 Å². The number of H-pyrrole nitrogens is 1. The summed E-state index contributed by atoms with van der Waals surface area (Å²) in [5.74, 6) is 0. The van der Waals surface area contributed by atoms with Gasteiger partial charge in [0.1, 0.15) is 4.90 Å². The van der Waals surface area contributed by atoms with Gasteiger partial charge in [0.25, 0.3) is 0 Å². The highest BCUT2D eigenvalue weighted by molar-refractivity contribution is 9.10. The van der Waals surface area contributed by atoms with Crippen molar-refractivity contribution in [3.63, 3.8) is 0 Å². The standard InChI is InChI=1S/C20H21BrN4O2S/c1-24-18(9-15-5-3-2-4-6-15)13-25(12-17-11-22-14-23-17)19-8-7-16(21)10-20(19)28(24,26)27/h2-8,10-11,14,18H,9,12-13H2,1H3,(H,22,23). The van der Waals surface area contributed by atoms with Crippen molar-refractivity contribution < 1.29 is 8.42 Å². The third kappa shape index (κ3) is 3.72. The summed E-state index contributed by atoms with van der Waals surface area (Å²) in [5, 5.41) is 0. The van der Waals surface area contributed by atoms with Gasteiger partial charge in [0.15, 0.2) is 0 Å². The Morgan fingerprint density at radius 1 is 1.21 bits per heavy atom. The molecule has 6 nitrogen and oxygen atoms in total. The average molecular weight is 461 g/mol. The summed E-state index contributed by atoms with van der Waals surface area (Å²) in [6.45, 7) is 1.14. The number of rotatable bonds is 4. The minimum Gasteiger partial charge on any atom is -0.363 e. The number of fused-ring (bicyclic) bond motifs is 1. The smallest absolute Gasteiger partial charge is 0.245 e. The highest BCUT2D eigenvalue weighted by atomic mass is 79.9. The number of aromatic nitrogens is 2. The zero-order valence-corrected chi connectivity index (χ0v) is 17.8. The lowest BCUT2D eigenvalue weighted by Crippen LogP contribution is -2.43. The van der Waals surface area contributed by atoms with Gasteiger partial charge in [-0.2, -0.15) is 4.31 Å². The number of imidazole rings is 1. The molecular weight excluding hydrogens is 440 g/mol. The molecule has 0 bridgehead atoms. The SMILES string of the molecule is CN1C(Cc2ccccc2)CN(Cc2cnc[nH]2)c2ccc(Br)cc2S1(=O)=O. The zero-order valence-electron chi connectivity index (χ0n) is 15.4. The van der Waals surface area contributed by atoms with Crippen LogP contribution in [0.2, 0.25) is 0 Å². The molecule has 1 aliphatic heterocycles. The summed E-state index contributed by atoms with van der Waals surface area (Å²) < 4.78 is 29.0. The summed E-state index contributed by atoms with van der Waals surface area (Å²) >= 11 is 3.42. The minimum absolute atomic E-state index is 0.193. The Bertz CT molecular complexity index is 1060. The number of anilines is 1.